The van der Waals surface area contributed by atoms with Gasteiger partial charge in [0.25, 0.3) is 5.91 Å². The maximum Gasteiger partial charge on any atom is 0.287 e. The Balaban J connectivity index is 2.05. The average molecular weight is 302 g/mol. The zero-order valence-electron chi connectivity index (χ0n) is 9.54. The van der Waals surface area contributed by atoms with Crippen molar-refractivity contribution in [1.29, 1.82) is 0 Å². The summed E-state index contributed by atoms with van der Waals surface area (Å²) in [6.45, 7) is -0.0133. The lowest BCUT2D eigenvalue weighted by Gasteiger charge is -2.36. The minimum absolute atomic E-state index is 0.0133. The molecule has 4 nitrogen and oxygen atoms in total. The minimum Gasteiger partial charge on any atom is -0.444 e. The summed E-state index contributed by atoms with van der Waals surface area (Å²) in [5.41, 5.74) is -0.464. The number of rotatable bonds is 3. The van der Waals surface area contributed by atoms with E-state index in [1.165, 1.54) is 6.42 Å². The highest BCUT2D eigenvalue weighted by molar-refractivity contribution is 9.10. The van der Waals surface area contributed by atoms with Crippen LogP contribution in [0, 0.1) is 0 Å². The largest absolute Gasteiger partial charge is 0.444 e. The molecule has 2 rings (SSSR count). The molecule has 94 valence electrons. The van der Waals surface area contributed by atoms with E-state index in [0.29, 0.717) is 4.67 Å². The molecule has 0 saturated heterocycles. The van der Waals surface area contributed by atoms with Gasteiger partial charge in [0.05, 0.1) is 12.1 Å². The molecule has 0 spiro atoms. The van der Waals surface area contributed by atoms with Crippen molar-refractivity contribution < 1.29 is 14.3 Å². The van der Waals surface area contributed by atoms with Crippen LogP contribution in [0.1, 0.15) is 42.7 Å². The number of aliphatic hydroxyl groups excluding tert-OH is 1. The SMILES string of the molecule is O=C(NC1(CO)CCCCC1)c1ccc(Br)o1. The van der Waals surface area contributed by atoms with Gasteiger partial charge in [0, 0.05) is 0 Å². The van der Waals surface area contributed by atoms with Gasteiger partial charge in [0.1, 0.15) is 0 Å². The molecule has 1 aromatic rings. The molecule has 0 bridgehead atoms. The van der Waals surface area contributed by atoms with Crippen LogP contribution in [-0.2, 0) is 0 Å². The standard InChI is InChI=1S/C12H16BrNO3/c13-10-5-4-9(17-10)11(16)14-12(8-15)6-2-1-3-7-12/h4-5,15H,1-3,6-8H2,(H,14,16). The summed E-state index contributed by atoms with van der Waals surface area (Å²) in [5, 5.41) is 12.4. The molecule has 0 aromatic carbocycles. The molecular formula is C12H16BrNO3. The molecule has 1 saturated carbocycles. The van der Waals surface area contributed by atoms with Gasteiger partial charge in [0.2, 0.25) is 0 Å². The predicted molar refractivity (Wildman–Crippen MR) is 66.8 cm³/mol. The van der Waals surface area contributed by atoms with Gasteiger partial charge >= 0.3 is 0 Å². The van der Waals surface area contributed by atoms with Crippen LogP contribution in [0.3, 0.4) is 0 Å². The van der Waals surface area contributed by atoms with Crippen LogP contribution in [0.4, 0.5) is 0 Å². The van der Waals surface area contributed by atoms with Crippen molar-refractivity contribution in [2.45, 2.75) is 37.6 Å². The summed E-state index contributed by atoms with van der Waals surface area (Å²) in [7, 11) is 0. The minimum atomic E-state index is -0.464. The van der Waals surface area contributed by atoms with E-state index >= 15 is 0 Å². The molecule has 1 heterocycles. The zero-order chi connectivity index (χ0) is 12.3. The van der Waals surface area contributed by atoms with Gasteiger partial charge in [-0.15, -0.1) is 0 Å². The van der Waals surface area contributed by atoms with E-state index in [9.17, 15) is 9.90 Å². The lowest BCUT2D eigenvalue weighted by atomic mass is 9.82. The first-order valence-electron chi connectivity index (χ1n) is 5.84. The van der Waals surface area contributed by atoms with Crippen LogP contribution in [0.5, 0.6) is 0 Å². The third-order valence-electron chi connectivity index (χ3n) is 3.29. The van der Waals surface area contributed by atoms with E-state index in [1.54, 1.807) is 12.1 Å². The van der Waals surface area contributed by atoms with Crippen molar-refractivity contribution in [1.82, 2.24) is 5.32 Å². The zero-order valence-corrected chi connectivity index (χ0v) is 11.1. The maximum atomic E-state index is 12.0. The third-order valence-corrected chi connectivity index (χ3v) is 3.72. The molecule has 1 aliphatic rings. The molecule has 0 atom stereocenters. The quantitative estimate of drug-likeness (QED) is 0.901. The van der Waals surface area contributed by atoms with E-state index in [-0.39, 0.29) is 18.3 Å². The van der Waals surface area contributed by atoms with Crippen LogP contribution in [0.25, 0.3) is 0 Å². The Kier molecular flexibility index (Phi) is 3.89. The molecule has 1 fully saturated rings. The molecule has 5 heteroatoms. The third kappa shape index (κ3) is 2.90. The van der Waals surface area contributed by atoms with E-state index in [1.807, 2.05) is 0 Å². The molecule has 0 aliphatic heterocycles. The smallest absolute Gasteiger partial charge is 0.287 e. The second kappa shape index (κ2) is 5.23. The van der Waals surface area contributed by atoms with Crippen molar-refractivity contribution in [3.8, 4) is 0 Å². The summed E-state index contributed by atoms with van der Waals surface area (Å²) < 4.78 is 5.73. The Morgan fingerprint density at radius 1 is 1.41 bits per heavy atom. The van der Waals surface area contributed by atoms with E-state index < -0.39 is 5.54 Å². The molecular weight excluding hydrogens is 286 g/mol. The summed E-state index contributed by atoms with van der Waals surface area (Å²) >= 11 is 3.16. The van der Waals surface area contributed by atoms with Crippen molar-refractivity contribution >= 4 is 21.8 Å². The lowest BCUT2D eigenvalue weighted by Crippen LogP contribution is -2.52. The first kappa shape index (κ1) is 12.6. The Labute approximate surface area is 109 Å². The summed E-state index contributed by atoms with van der Waals surface area (Å²) in [5.74, 6) is 0.0157. The van der Waals surface area contributed by atoms with Crippen LogP contribution in [-0.4, -0.2) is 23.2 Å². The van der Waals surface area contributed by atoms with Crippen LogP contribution in [0.2, 0.25) is 0 Å². The van der Waals surface area contributed by atoms with Crippen LogP contribution < -0.4 is 5.32 Å². The molecule has 1 aliphatic carbocycles. The second-order valence-electron chi connectivity index (χ2n) is 4.56. The fourth-order valence-corrected chi connectivity index (χ4v) is 2.60. The highest BCUT2D eigenvalue weighted by atomic mass is 79.9. The molecule has 0 radical (unpaired) electrons. The number of halogens is 1. The number of nitrogens with one attached hydrogen (secondary N) is 1. The van der Waals surface area contributed by atoms with Crippen LogP contribution >= 0.6 is 15.9 Å². The number of carbonyl (C=O) groups is 1. The van der Waals surface area contributed by atoms with Gasteiger partial charge in [-0.05, 0) is 40.9 Å². The number of hydrogen-bond donors (Lipinski definition) is 2. The second-order valence-corrected chi connectivity index (χ2v) is 5.34. The van der Waals surface area contributed by atoms with Gasteiger partial charge in [-0.1, -0.05) is 19.3 Å². The molecule has 1 amide bonds. The van der Waals surface area contributed by atoms with Gasteiger partial charge in [-0.3, -0.25) is 4.79 Å². The van der Waals surface area contributed by atoms with Gasteiger partial charge < -0.3 is 14.8 Å². The van der Waals surface area contributed by atoms with Gasteiger partial charge in [-0.2, -0.15) is 0 Å². The summed E-state index contributed by atoms with van der Waals surface area (Å²) in [4.78, 5) is 12.0. The van der Waals surface area contributed by atoms with E-state index in [2.05, 4.69) is 21.2 Å². The number of hydrogen-bond acceptors (Lipinski definition) is 3. The normalized spacial score (nSPS) is 18.9. The van der Waals surface area contributed by atoms with E-state index in [4.69, 9.17) is 4.42 Å². The van der Waals surface area contributed by atoms with E-state index in [0.717, 1.165) is 25.7 Å². The summed E-state index contributed by atoms with van der Waals surface area (Å²) in [6.07, 6.45) is 4.92. The molecule has 2 N–H and O–H groups in total. The predicted octanol–water partition coefficient (Wildman–Crippen LogP) is 2.47. The molecule has 0 unspecified atom stereocenters. The fraction of sp³-hybridized carbons (Fsp3) is 0.583. The van der Waals surface area contributed by atoms with Crippen molar-refractivity contribution in [3.63, 3.8) is 0 Å². The lowest BCUT2D eigenvalue weighted by molar-refractivity contribution is 0.0732. The Bertz CT molecular complexity index is 396. The Morgan fingerprint density at radius 3 is 2.65 bits per heavy atom. The summed E-state index contributed by atoms with van der Waals surface area (Å²) in [6, 6.07) is 3.30. The van der Waals surface area contributed by atoms with Crippen molar-refractivity contribution in [2.75, 3.05) is 6.61 Å². The van der Waals surface area contributed by atoms with Gasteiger partial charge in [-0.25, -0.2) is 0 Å². The highest BCUT2D eigenvalue weighted by Gasteiger charge is 2.33. The highest BCUT2D eigenvalue weighted by Crippen LogP contribution is 2.28. The molecule has 1 aromatic heterocycles. The fourth-order valence-electron chi connectivity index (χ4n) is 2.29. The number of aliphatic hydroxyl groups is 1. The monoisotopic (exact) mass is 301 g/mol. The van der Waals surface area contributed by atoms with Crippen molar-refractivity contribution in [3.05, 3.63) is 22.6 Å². The average Bonchev–Trinajstić information content (AvgIpc) is 2.77. The maximum absolute atomic E-state index is 12.0. The van der Waals surface area contributed by atoms with Crippen LogP contribution in [0.15, 0.2) is 21.2 Å². The number of carbonyl (C=O) groups excluding carboxylic acids is 1. The number of amides is 1. The Morgan fingerprint density at radius 2 is 2.12 bits per heavy atom. The van der Waals surface area contributed by atoms with Crippen molar-refractivity contribution in [2.24, 2.45) is 0 Å². The molecule has 17 heavy (non-hydrogen) atoms. The number of furan rings is 1. The Hall–Kier alpha value is -0.810. The van der Waals surface area contributed by atoms with Gasteiger partial charge in [0.15, 0.2) is 10.4 Å². The first-order valence-corrected chi connectivity index (χ1v) is 6.63. The first-order chi connectivity index (χ1) is 8.15. The topological polar surface area (TPSA) is 62.5 Å².